The molecule has 0 atom stereocenters. The monoisotopic (exact) mass is 1180 g/mol. The topological polar surface area (TPSA) is 141 Å². The Morgan fingerprint density at radius 3 is 1.10 bits per heavy atom. The molecule has 9 aromatic carbocycles. The normalized spacial score (nSPS) is 14.2. The number of fused-ring (bicyclic) bond motifs is 6. The van der Waals surface area contributed by atoms with E-state index in [1.807, 2.05) is 60.7 Å². The summed E-state index contributed by atoms with van der Waals surface area (Å²) in [6.07, 6.45) is 0.760. The fraction of sp³-hybridized carbons (Fsp3) is 0.138. The summed E-state index contributed by atoms with van der Waals surface area (Å²) < 4.78 is 95.8. The van der Waals surface area contributed by atoms with Gasteiger partial charge in [-0.05, 0) is 188 Å². The number of rotatable bonds is 10. The molecule has 6 heterocycles. The minimum atomic E-state index is -0.870. The number of nitrogens with zero attached hydrogens (tertiary/aromatic N) is 2. The predicted octanol–water partition coefficient (Wildman–Crippen LogP) is 9.89. The first-order valence-corrected chi connectivity index (χ1v) is 27.9. The lowest BCUT2D eigenvalue weighted by atomic mass is 9.40. The Hall–Kier alpha value is -8.82. The largest absolute Gasteiger partial charge is 0.491 e. The van der Waals surface area contributed by atoms with Crippen LogP contribution in [0.25, 0.3) is 9.69 Å². The van der Waals surface area contributed by atoms with Gasteiger partial charge < -0.3 is 56.8 Å². The van der Waals surface area contributed by atoms with Crippen LogP contribution in [0.3, 0.4) is 0 Å². The maximum Gasteiger partial charge on any atom is 0.491 e. The smallest absolute Gasteiger partial charge is 0.457 e. The summed E-state index contributed by atoms with van der Waals surface area (Å²) >= 11 is 0. The van der Waals surface area contributed by atoms with Crippen LogP contribution < -0.4 is 47.0 Å². The van der Waals surface area contributed by atoms with E-state index in [4.69, 9.17) is 64.9 Å². The van der Waals surface area contributed by atoms with Crippen molar-refractivity contribution < 1.29 is 69.9 Å². The first-order valence-electron chi connectivity index (χ1n) is 27.9. The molecule has 0 aliphatic carbocycles. The SMILES string of the molecule is C.Fc1ccc2c(c1)COB2OB1OCc2cc(F)ccc21.OB1OCc2cc(F)ccc21.[C-]#[N+]c1ccc(Oc2ccc3c(c2)COB3CB2OCc3cc(Oc4ccc(C)cc4)ccc32)cc1.[C-]#[N+]c1ccc(Oc2ccc3c(c2)COB3O)cc1. The summed E-state index contributed by atoms with van der Waals surface area (Å²) in [5.74, 6) is 3.60. The maximum atomic E-state index is 13.2. The molecule has 14 nitrogen and oxygen atoms in total. The maximum absolute atomic E-state index is 13.2. The number of benzene rings is 9. The van der Waals surface area contributed by atoms with Crippen molar-refractivity contribution in [3.05, 3.63) is 261 Å². The van der Waals surface area contributed by atoms with Crippen LogP contribution in [-0.4, -0.2) is 52.4 Å². The van der Waals surface area contributed by atoms with E-state index in [9.17, 15) is 18.2 Å². The van der Waals surface area contributed by atoms with E-state index < -0.39 is 28.5 Å². The van der Waals surface area contributed by atoms with Gasteiger partial charge in [-0.3, -0.25) is 0 Å². The molecule has 0 saturated heterocycles. The van der Waals surface area contributed by atoms with Gasteiger partial charge in [-0.1, -0.05) is 85.8 Å². The summed E-state index contributed by atoms with van der Waals surface area (Å²) in [6, 6.07) is 53.1. The standard InChI is InChI=1S/C29H23B2NO4.C14H10B2F2O3.C14H10BNO3.C7H6BFO2.CH4/c1-20-3-7-24(8-4-20)35-26-11-13-28-21(15-26)17-33-30(28)19-31-29-14-12-27(16-22(29)18-34-31)36-25-9-5-23(32-2)6-10-25;17-11-1-3-13-9(5-11)7-19-15(13)21-16-14-4-2-12(18)6-10(14)8-20-16;1-16-11-2-4-12(5-3-11)19-13-6-7-14-10(8-13)9-18-15(14)17;9-6-1-2-7-5(3-6)4-11-8(7)10;/h3-16H,17-19H2,1H3;1-6H,7-8H2;2-8,17H,9H2;1-3,10H,4H2;1H4. The third-order valence-electron chi connectivity index (χ3n) is 15.2. The molecule has 6 aliphatic rings. The summed E-state index contributed by atoms with van der Waals surface area (Å²) in [6.45, 7) is 18.4. The average molecular weight is 1180 g/mol. The van der Waals surface area contributed by atoms with Crippen LogP contribution in [-0.2, 0) is 72.1 Å². The van der Waals surface area contributed by atoms with E-state index in [2.05, 4.69) is 34.8 Å². The van der Waals surface area contributed by atoms with E-state index in [0.717, 1.165) is 73.2 Å². The van der Waals surface area contributed by atoms with Crippen LogP contribution in [0.1, 0.15) is 46.4 Å². The fourth-order valence-corrected chi connectivity index (χ4v) is 10.7. The van der Waals surface area contributed by atoms with E-state index in [0.29, 0.717) is 73.7 Å². The molecule has 0 radical (unpaired) electrons. The van der Waals surface area contributed by atoms with Crippen molar-refractivity contribution in [3.8, 4) is 34.5 Å². The zero-order chi connectivity index (χ0) is 60.0. The van der Waals surface area contributed by atoms with E-state index in [1.54, 1.807) is 66.7 Å². The average Bonchev–Trinajstić information content (AvgIpc) is 4.52. The minimum absolute atomic E-state index is 0. The Labute approximate surface area is 510 Å². The van der Waals surface area contributed by atoms with E-state index in [1.165, 1.54) is 52.9 Å². The molecule has 23 heteroatoms. The molecule has 0 amide bonds. The number of halogens is 3. The Kier molecular flexibility index (Phi) is 19.0. The molecule has 434 valence electrons. The Morgan fingerprint density at radius 1 is 0.386 bits per heavy atom. The Bertz CT molecular complexity index is 4010. The first-order chi connectivity index (χ1) is 42.4. The summed E-state index contributed by atoms with van der Waals surface area (Å²) in [7, 11) is -2.89. The van der Waals surface area contributed by atoms with E-state index in [-0.39, 0.29) is 38.7 Å². The van der Waals surface area contributed by atoms with Gasteiger partial charge in [-0.25, -0.2) is 22.9 Å². The third kappa shape index (κ3) is 14.3. The highest BCUT2D eigenvalue weighted by Gasteiger charge is 2.41. The second kappa shape index (κ2) is 27.5. The van der Waals surface area contributed by atoms with Gasteiger partial charge in [0.2, 0.25) is 0 Å². The number of hydrogen-bond donors (Lipinski definition) is 2. The van der Waals surface area contributed by atoms with Crippen LogP contribution in [0, 0.1) is 37.5 Å². The van der Waals surface area contributed by atoms with Gasteiger partial charge in [0.05, 0.1) is 52.8 Å². The van der Waals surface area contributed by atoms with E-state index >= 15 is 0 Å². The molecule has 2 N–H and O–H groups in total. The van der Waals surface area contributed by atoms with Crippen LogP contribution in [0.5, 0.6) is 34.5 Å². The van der Waals surface area contributed by atoms with Crippen molar-refractivity contribution in [2.24, 2.45) is 0 Å². The second-order valence-corrected chi connectivity index (χ2v) is 21.0. The van der Waals surface area contributed by atoms with Crippen molar-refractivity contribution in [2.45, 2.75) is 60.2 Å². The molecule has 0 fully saturated rings. The fourth-order valence-electron chi connectivity index (χ4n) is 10.7. The van der Waals surface area contributed by atoms with Gasteiger partial charge in [0.25, 0.3) is 0 Å². The number of aryl methyl sites for hydroxylation is 1. The molecule has 88 heavy (non-hydrogen) atoms. The first kappa shape index (κ1) is 60.9. The highest BCUT2D eigenvalue weighted by atomic mass is 19.1. The third-order valence-corrected chi connectivity index (χ3v) is 15.2. The van der Waals surface area contributed by atoms with Gasteiger partial charge in [0, 0.05) is 0 Å². The van der Waals surface area contributed by atoms with Crippen molar-refractivity contribution in [2.75, 3.05) is 0 Å². The lowest BCUT2D eigenvalue weighted by molar-refractivity contribution is 0.238. The molecule has 0 unspecified atom stereocenters. The quantitative estimate of drug-likeness (QED) is 0.0995. The van der Waals surface area contributed by atoms with Crippen LogP contribution in [0.2, 0.25) is 6.22 Å². The molecular weight excluding hydrogens is 1120 g/mol. The number of ether oxygens (including phenoxy) is 3. The van der Waals surface area contributed by atoms with Crippen LogP contribution >= 0.6 is 0 Å². The van der Waals surface area contributed by atoms with Crippen LogP contribution in [0.15, 0.2) is 182 Å². The molecule has 0 saturated carbocycles. The number of hydrogen-bond acceptors (Lipinski definition) is 12. The molecule has 0 aromatic heterocycles. The lowest BCUT2D eigenvalue weighted by Crippen LogP contribution is -2.43. The Balaban J connectivity index is 0.000000131. The zero-order valence-corrected chi connectivity index (χ0v) is 46.7. The summed E-state index contributed by atoms with van der Waals surface area (Å²) in [5.41, 5.74) is 13.3. The Morgan fingerprint density at radius 2 is 0.693 bits per heavy atom. The second-order valence-electron chi connectivity index (χ2n) is 21.0. The highest BCUT2D eigenvalue weighted by molar-refractivity contribution is 6.85. The molecular formula is C65H53B6F3N2O12. The van der Waals surface area contributed by atoms with Crippen molar-refractivity contribution in [1.29, 1.82) is 0 Å². The van der Waals surface area contributed by atoms with Crippen LogP contribution in [0.4, 0.5) is 24.5 Å². The predicted molar refractivity (Wildman–Crippen MR) is 333 cm³/mol. The molecule has 15 rings (SSSR count). The summed E-state index contributed by atoms with van der Waals surface area (Å²) in [5, 5.41) is 18.7. The molecule has 0 bridgehead atoms. The van der Waals surface area contributed by atoms with Crippen molar-refractivity contribution >= 4 is 86.5 Å². The van der Waals surface area contributed by atoms with Gasteiger partial charge in [-0.2, -0.15) is 0 Å². The molecule has 0 spiro atoms. The van der Waals surface area contributed by atoms with Gasteiger partial charge in [0.1, 0.15) is 51.9 Å². The highest BCUT2D eigenvalue weighted by Crippen LogP contribution is 2.30. The lowest BCUT2D eigenvalue weighted by Gasteiger charge is -2.12. The molecule has 9 aromatic rings. The van der Waals surface area contributed by atoms with Crippen molar-refractivity contribution in [1.82, 2.24) is 0 Å². The minimum Gasteiger partial charge on any atom is -0.457 e. The van der Waals surface area contributed by atoms with Gasteiger partial charge in [-0.15, -0.1) is 0 Å². The van der Waals surface area contributed by atoms with Gasteiger partial charge in [0.15, 0.2) is 11.4 Å². The summed E-state index contributed by atoms with van der Waals surface area (Å²) in [4.78, 5) is 6.74. The molecule has 6 aliphatic heterocycles. The van der Waals surface area contributed by atoms with Crippen molar-refractivity contribution in [3.63, 3.8) is 0 Å². The zero-order valence-electron chi connectivity index (χ0n) is 46.7. The van der Waals surface area contributed by atoms with Gasteiger partial charge >= 0.3 is 42.3 Å².